The van der Waals surface area contributed by atoms with Crippen molar-refractivity contribution >= 4 is 5.69 Å². The van der Waals surface area contributed by atoms with Gasteiger partial charge in [-0.1, -0.05) is 19.1 Å². The minimum atomic E-state index is 0.263. The van der Waals surface area contributed by atoms with E-state index in [-0.39, 0.29) is 6.61 Å². The molecule has 0 spiro atoms. The third-order valence-electron chi connectivity index (χ3n) is 3.67. The van der Waals surface area contributed by atoms with Gasteiger partial charge in [0.25, 0.3) is 0 Å². The van der Waals surface area contributed by atoms with Crippen LogP contribution in [0.4, 0.5) is 5.69 Å². The molecule has 1 aliphatic heterocycles. The Balaban J connectivity index is 1.85. The highest BCUT2D eigenvalue weighted by atomic mass is 16.3. The first-order valence-corrected chi connectivity index (χ1v) is 7.21. The Morgan fingerprint density at radius 3 is 2.37 bits per heavy atom. The quantitative estimate of drug-likeness (QED) is 0.800. The third-order valence-corrected chi connectivity index (χ3v) is 3.67. The molecule has 2 N–H and O–H groups in total. The second kappa shape index (κ2) is 7.48. The van der Waals surface area contributed by atoms with Crippen molar-refractivity contribution in [2.75, 3.05) is 50.8 Å². The van der Waals surface area contributed by atoms with Gasteiger partial charge in [-0.2, -0.15) is 0 Å². The van der Waals surface area contributed by atoms with E-state index in [9.17, 15) is 0 Å². The van der Waals surface area contributed by atoms with E-state index in [2.05, 4.69) is 46.3 Å². The van der Waals surface area contributed by atoms with Crippen LogP contribution in [-0.4, -0.2) is 55.9 Å². The molecule has 1 aliphatic rings. The fraction of sp³-hybridized carbons (Fsp3) is 0.600. The van der Waals surface area contributed by atoms with Crippen LogP contribution in [-0.2, 0) is 6.54 Å². The molecular weight excluding hydrogens is 238 g/mol. The molecule has 1 heterocycles. The van der Waals surface area contributed by atoms with Crippen molar-refractivity contribution in [2.45, 2.75) is 13.5 Å². The molecule has 1 saturated heterocycles. The lowest BCUT2D eigenvalue weighted by molar-refractivity contribution is 0.189. The zero-order chi connectivity index (χ0) is 13.5. The lowest BCUT2D eigenvalue weighted by Gasteiger charge is -2.35. The van der Waals surface area contributed by atoms with Crippen molar-refractivity contribution in [3.8, 4) is 0 Å². The van der Waals surface area contributed by atoms with Crippen LogP contribution < -0.4 is 10.2 Å². The molecule has 0 amide bonds. The van der Waals surface area contributed by atoms with Gasteiger partial charge in [0.05, 0.1) is 6.61 Å². The predicted molar refractivity (Wildman–Crippen MR) is 79.6 cm³/mol. The van der Waals surface area contributed by atoms with Gasteiger partial charge in [0.1, 0.15) is 0 Å². The molecule has 1 aromatic rings. The molecule has 0 unspecified atom stereocenters. The summed E-state index contributed by atoms with van der Waals surface area (Å²) in [6, 6.07) is 8.85. The number of anilines is 1. The van der Waals surface area contributed by atoms with Gasteiger partial charge in [0.2, 0.25) is 0 Å². The highest BCUT2D eigenvalue weighted by Crippen LogP contribution is 2.17. The van der Waals surface area contributed by atoms with Crippen molar-refractivity contribution in [1.29, 1.82) is 0 Å². The smallest absolute Gasteiger partial charge is 0.0558 e. The van der Waals surface area contributed by atoms with E-state index < -0.39 is 0 Å². The number of β-amino-alcohol motifs (C(OH)–C–C–N with tert-alkyl or cyclic N) is 1. The van der Waals surface area contributed by atoms with Crippen LogP contribution in [0, 0.1) is 0 Å². The van der Waals surface area contributed by atoms with E-state index in [1.165, 1.54) is 11.3 Å². The monoisotopic (exact) mass is 263 g/mol. The van der Waals surface area contributed by atoms with E-state index in [0.29, 0.717) is 0 Å². The molecule has 0 aromatic heterocycles. The zero-order valence-corrected chi connectivity index (χ0v) is 11.8. The molecule has 106 valence electrons. The normalized spacial score (nSPS) is 16.8. The minimum absolute atomic E-state index is 0.263. The number of rotatable bonds is 6. The van der Waals surface area contributed by atoms with Gasteiger partial charge < -0.3 is 15.3 Å². The van der Waals surface area contributed by atoms with Gasteiger partial charge in [-0.15, -0.1) is 0 Å². The van der Waals surface area contributed by atoms with Gasteiger partial charge in [-0.3, -0.25) is 4.90 Å². The Morgan fingerprint density at radius 1 is 1.11 bits per heavy atom. The maximum Gasteiger partial charge on any atom is 0.0558 e. The SMILES string of the molecule is CCNCc1ccc(N2CCN(CCO)CC2)cc1. The number of benzene rings is 1. The number of hydrogen-bond donors (Lipinski definition) is 2. The zero-order valence-electron chi connectivity index (χ0n) is 11.8. The summed E-state index contributed by atoms with van der Waals surface area (Å²) in [5.74, 6) is 0. The number of aliphatic hydroxyl groups is 1. The number of nitrogens with zero attached hydrogens (tertiary/aromatic N) is 2. The van der Waals surface area contributed by atoms with E-state index in [1.54, 1.807) is 0 Å². The summed E-state index contributed by atoms with van der Waals surface area (Å²) in [6.45, 7) is 9.32. The highest BCUT2D eigenvalue weighted by Gasteiger charge is 2.16. The molecule has 4 heteroatoms. The molecule has 4 nitrogen and oxygen atoms in total. The fourth-order valence-electron chi connectivity index (χ4n) is 2.47. The second-order valence-corrected chi connectivity index (χ2v) is 5.00. The van der Waals surface area contributed by atoms with Crippen LogP contribution in [0.5, 0.6) is 0 Å². The average molecular weight is 263 g/mol. The van der Waals surface area contributed by atoms with Crippen LogP contribution >= 0.6 is 0 Å². The van der Waals surface area contributed by atoms with Crippen molar-refractivity contribution in [2.24, 2.45) is 0 Å². The number of aliphatic hydroxyl groups excluding tert-OH is 1. The standard InChI is InChI=1S/C15H25N3O/c1-2-16-13-14-3-5-15(6-4-14)18-9-7-17(8-10-18)11-12-19/h3-6,16,19H,2,7-13H2,1H3. The molecule has 0 saturated carbocycles. The fourth-order valence-corrected chi connectivity index (χ4v) is 2.47. The summed E-state index contributed by atoms with van der Waals surface area (Å²) in [6.07, 6.45) is 0. The molecule has 1 fully saturated rings. The molecule has 2 rings (SSSR count). The number of nitrogens with one attached hydrogen (secondary N) is 1. The van der Waals surface area contributed by atoms with Gasteiger partial charge >= 0.3 is 0 Å². The largest absolute Gasteiger partial charge is 0.395 e. The molecule has 1 aromatic carbocycles. The highest BCUT2D eigenvalue weighted by molar-refractivity contribution is 5.48. The lowest BCUT2D eigenvalue weighted by Crippen LogP contribution is -2.47. The topological polar surface area (TPSA) is 38.7 Å². The van der Waals surface area contributed by atoms with Crippen molar-refractivity contribution in [3.63, 3.8) is 0 Å². The van der Waals surface area contributed by atoms with E-state index in [4.69, 9.17) is 5.11 Å². The number of piperazine rings is 1. The molecule has 0 bridgehead atoms. The lowest BCUT2D eigenvalue weighted by atomic mass is 10.1. The van der Waals surface area contributed by atoms with E-state index >= 15 is 0 Å². The van der Waals surface area contributed by atoms with Gasteiger partial charge in [0, 0.05) is 45.0 Å². The van der Waals surface area contributed by atoms with E-state index in [1.807, 2.05) is 0 Å². The maximum atomic E-state index is 8.94. The summed E-state index contributed by atoms with van der Waals surface area (Å²) >= 11 is 0. The third kappa shape index (κ3) is 4.20. The summed E-state index contributed by atoms with van der Waals surface area (Å²) in [4.78, 5) is 4.74. The minimum Gasteiger partial charge on any atom is -0.395 e. The van der Waals surface area contributed by atoms with Crippen LogP contribution in [0.25, 0.3) is 0 Å². The summed E-state index contributed by atoms with van der Waals surface area (Å²) in [7, 11) is 0. The molecule has 0 aliphatic carbocycles. The number of hydrogen-bond acceptors (Lipinski definition) is 4. The van der Waals surface area contributed by atoms with Crippen LogP contribution in [0.1, 0.15) is 12.5 Å². The van der Waals surface area contributed by atoms with Crippen LogP contribution in [0.15, 0.2) is 24.3 Å². The van der Waals surface area contributed by atoms with E-state index in [0.717, 1.165) is 45.8 Å². The molecule has 0 radical (unpaired) electrons. The van der Waals surface area contributed by atoms with Gasteiger partial charge in [-0.25, -0.2) is 0 Å². The molecule has 19 heavy (non-hydrogen) atoms. The van der Waals surface area contributed by atoms with Gasteiger partial charge in [0.15, 0.2) is 0 Å². The predicted octanol–water partition coefficient (Wildman–Crippen LogP) is 0.910. The van der Waals surface area contributed by atoms with Crippen LogP contribution in [0.2, 0.25) is 0 Å². The average Bonchev–Trinajstić information content (AvgIpc) is 2.47. The summed E-state index contributed by atoms with van der Waals surface area (Å²) in [5, 5.41) is 12.3. The Labute approximate surface area is 116 Å². The Morgan fingerprint density at radius 2 is 1.79 bits per heavy atom. The Hall–Kier alpha value is -1.10. The van der Waals surface area contributed by atoms with Crippen molar-refractivity contribution < 1.29 is 5.11 Å². The second-order valence-electron chi connectivity index (χ2n) is 5.00. The van der Waals surface area contributed by atoms with Crippen molar-refractivity contribution in [3.05, 3.63) is 29.8 Å². The Kier molecular flexibility index (Phi) is 5.63. The Bertz CT molecular complexity index is 358. The molecule has 0 atom stereocenters. The molecular formula is C15H25N3O. The van der Waals surface area contributed by atoms with Crippen molar-refractivity contribution in [1.82, 2.24) is 10.2 Å². The first kappa shape index (κ1) is 14.3. The first-order chi connectivity index (χ1) is 9.33. The van der Waals surface area contributed by atoms with Gasteiger partial charge in [-0.05, 0) is 24.2 Å². The first-order valence-electron chi connectivity index (χ1n) is 7.21. The summed E-state index contributed by atoms with van der Waals surface area (Å²) < 4.78 is 0. The summed E-state index contributed by atoms with van der Waals surface area (Å²) in [5.41, 5.74) is 2.65. The van der Waals surface area contributed by atoms with Crippen LogP contribution in [0.3, 0.4) is 0 Å². The maximum absolute atomic E-state index is 8.94.